The zero-order valence-corrected chi connectivity index (χ0v) is 18.6. The first-order chi connectivity index (χ1) is 14.6. The number of aromatic nitrogens is 2. The van der Waals surface area contributed by atoms with Gasteiger partial charge in [-0.15, -0.1) is 0 Å². The second kappa shape index (κ2) is 9.48. The number of fused-ring (bicyclic) bond motifs is 1. The number of hydrogen-bond acceptors (Lipinski definition) is 4. The molecule has 1 amide bonds. The number of carbonyl (C=O) groups excluding carboxylic acids is 1. The van der Waals surface area contributed by atoms with Crippen LogP contribution in [0.2, 0.25) is 0 Å². The molecule has 2 aromatic heterocycles. The predicted octanol–water partition coefficient (Wildman–Crippen LogP) is 4.39. The fourth-order valence-corrected chi connectivity index (χ4v) is 4.72. The summed E-state index contributed by atoms with van der Waals surface area (Å²) in [5.74, 6) is 0.165. The topological polar surface area (TPSA) is 56.6 Å². The molecule has 0 spiro atoms. The maximum absolute atomic E-state index is 13.4. The summed E-state index contributed by atoms with van der Waals surface area (Å²) in [7, 11) is 1.75. The minimum atomic E-state index is -0.279. The number of carbonyl (C=O) groups is 1. The van der Waals surface area contributed by atoms with Crippen molar-refractivity contribution in [2.75, 3.05) is 20.3 Å². The number of methoxy groups -OCH3 is 1. The summed E-state index contributed by atoms with van der Waals surface area (Å²) in [5, 5.41) is 0. The highest BCUT2D eigenvalue weighted by Crippen LogP contribution is 2.38. The number of aryl methyl sites for hydroxylation is 2. The fourth-order valence-electron chi connectivity index (χ4n) is 4.72. The molecular formula is C24H35N3O3. The van der Waals surface area contributed by atoms with E-state index in [1.165, 1.54) is 11.1 Å². The van der Waals surface area contributed by atoms with Crippen molar-refractivity contribution in [3.8, 4) is 0 Å². The van der Waals surface area contributed by atoms with Gasteiger partial charge in [-0.3, -0.25) is 9.78 Å². The van der Waals surface area contributed by atoms with Crippen LogP contribution in [0.1, 0.15) is 69.0 Å². The lowest BCUT2D eigenvalue weighted by Crippen LogP contribution is -2.44. The first kappa shape index (κ1) is 21.3. The van der Waals surface area contributed by atoms with Crippen molar-refractivity contribution in [2.45, 2.75) is 83.5 Å². The highest BCUT2D eigenvalue weighted by atomic mass is 16.5. The van der Waals surface area contributed by atoms with Gasteiger partial charge < -0.3 is 18.9 Å². The Morgan fingerprint density at radius 3 is 2.87 bits per heavy atom. The van der Waals surface area contributed by atoms with Gasteiger partial charge in [0.1, 0.15) is 6.10 Å². The Labute approximate surface area is 179 Å². The molecule has 0 aromatic carbocycles. The number of rotatable bonds is 9. The van der Waals surface area contributed by atoms with Crippen LogP contribution in [0.3, 0.4) is 0 Å². The molecule has 0 N–H and O–H groups in total. The SMILES string of the molecule is COCCCCn1cc([C@H](C)N(C(=O)[C@H]2CCCCO2)C2CC2)c2nccc(C)c21. The van der Waals surface area contributed by atoms with Gasteiger partial charge >= 0.3 is 0 Å². The van der Waals surface area contributed by atoms with Gasteiger partial charge in [-0.2, -0.15) is 0 Å². The monoisotopic (exact) mass is 413 g/mol. The largest absolute Gasteiger partial charge is 0.385 e. The van der Waals surface area contributed by atoms with E-state index in [0.717, 1.165) is 69.2 Å². The highest BCUT2D eigenvalue weighted by molar-refractivity contribution is 5.86. The van der Waals surface area contributed by atoms with Crippen LogP contribution < -0.4 is 0 Å². The molecule has 3 heterocycles. The summed E-state index contributed by atoms with van der Waals surface area (Å²) in [6.45, 7) is 6.72. The van der Waals surface area contributed by atoms with E-state index in [2.05, 4.69) is 35.6 Å². The third kappa shape index (κ3) is 4.40. The first-order valence-corrected chi connectivity index (χ1v) is 11.5. The second-order valence-corrected chi connectivity index (χ2v) is 8.81. The Kier molecular flexibility index (Phi) is 6.74. The molecule has 1 aliphatic carbocycles. The van der Waals surface area contributed by atoms with E-state index in [9.17, 15) is 4.79 Å². The van der Waals surface area contributed by atoms with Crippen LogP contribution >= 0.6 is 0 Å². The Bertz CT molecular complexity index is 868. The summed E-state index contributed by atoms with van der Waals surface area (Å²) in [6.07, 6.45) is 11.1. The maximum atomic E-state index is 13.4. The molecule has 2 atom stereocenters. The van der Waals surface area contributed by atoms with Gasteiger partial charge in [-0.25, -0.2) is 0 Å². The van der Waals surface area contributed by atoms with E-state index in [4.69, 9.17) is 14.5 Å². The van der Waals surface area contributed by atoms with Gasteiger partial charge in [0.15, 0.2) is 0 Å². The molecule has 6 heteroatoms. The van der Waals surface area contributed by atoms with Gasteiger partial charge in [0.05, 0.1) is 17.1 Å². The number of amides is 1. The number of pyridine rings is 1. The molecular weight excluding hydrogens is 378 g/mol. The standard InChI is InChI=1S/C24H35N3O3/c1-17-11-12-25-22-20(16-26(23(17)22)13-5-7-14-29-3)18(2)27(19-9-10-19)24(28)21-8-4-6-15-30-21/h11-12,16,18-19,21H,4-10,13-15H2,1-3H3/t18-,21+/m0/s1. The summed E-state index contributed by atoms with van der Waals surface area (Å²) in [6, 6.07) is 2.40. The van der Waals surface area contributed by atoms with Gasteiger partial charge in [0, 0.05) is 50.9 Å². The zero-order valence-electron chi connectivity index (χ0n) is 18.6. The Morgan fingerprint density at radius 1 is 1.33 bits per heavy atom. The third-order valence-corrected chi connectivity index (χ3v) is 6.50. The molecule has 2 fully saturated rings. The van der Waals surface area contributed by atoms with E-state index in [1.807, 2.05) is 6.20 Å². The molecule has 1 saturated heterocycles. The Balaban J connectivity index is 1.63. The van der Waals surface area contributed by atoms with E-state index in [1.54, 1.807) is 7.11 Å². The van der Waals surface area contributed by atoms with Gasteiger partial charge in [-0.05, 0) is 70.4 Å². The molecule has 0 bridgehead atoms. The smallest absolute Gasteiger partial charge is 0.252 e. The van der Waals surface area contributed by atoms with Crippen molar-refractivity contribution in [1.82, 2.24) is 14.5 Å². The minimum absolute atomic E-state index is 0.00690. The van der Waals surface area contributed by atoms with Crippen LogP contribution in [-0.2, 0) is 20.8 Å². The molecule has 1 saturated carbocycles. The van der Waals surface area contributed by atoms with Gasteiger partial charge in [0.2, 0.25) is 0 Å². The van der Waals surface area contributed by atoms with E-state index in [-0.39, 0.29) is 18.1 Å². The average Bonchev–Trinajstić information content (AvgIpc) is 3.52. The highest BCUT2D eigenvalue weighted by Gasteiger charge is 2.40. The quantitative estimate of drug-likeness (QED) is 0.572. The van der Waals surface area contributed by atoms with Crippen LogP contribution in [0.4, 0.5) is 0 Å². The Hall–Kier alpha value is -1.92. The van der Waals surface area contributed by atoms with Crippen molar-refractivity contribution in [3.63, 3.8) is 0 Å². The molecule has 0 radical (unpaired) electrons. The third-order valence-electron chi connectivity index (χ3n) is 6.50. The van der Waals surface area contributed by atoms with Crippen molar-refractivity contribution in [3.05, 3.63) is 29.6 Å². The van der Waals surface area contributed by atoms with E-state index in [0.29, 0.717) is 12.6 Å². The van der Waals surface area contributed by atoms with Crippen LogP contribution in [-0.4, -0.2) is 52.8 Å². The number of hydrogen-bond donors (Lipinski definition) is 0. The van der Waals surface area contributed by atoms with Crippen LogP contribution in [0.15, 0.2) is 18.5 Å². The molecule has 4 rings (SSSR count). The van der Waals surface area contributed by atoms with Crippen LogP contribution in [0.25, 0.3) is 11.0 Å². The lowest BCUT2D eigenvalue weighted by Gasteiger charge is -2.33. The molecule has 2 aliphatic rings. The number of nitrogens with zero attached hydrogens (tertiary/aromatic N) is 3. The first-order valence-electron chi connectivity index (χ1n) is 11.5. The van der Waals surface area contributed by atoms with Crippen molar-refractivity contribution in [1.29, 1.82) is 0 Å². The summed E-state index contributed by atoms with van der Waals surface area (Å²) < 4.78 is 13.4. The average molecular weight is 414 g/mol. The number of ether oxygens (including phenoxy) is 2. The van der Waals surface area contributed by atoms with Crippen LogP contribution in [0, 0.1) is 6.92 Å². The lowest BCUT2D eigenvalue weighted by atomic mass is 10.0. The molecule has 164 valence electrons. The summed E-state index contributed by atoms with van der Waals surface area (Å²) in [5.41, 5.74) is 4.59. The normalized spacial score (nSPS) is 20.4. The van der Waals surface area contributed by atoms with E-state index < -0.39 is 0 Å². The maximum Gasteiger partial charge on any atom is 0.252 e. The molecule has 6 nitrogen and oxygen atoms in total. The summed E-state index contributed by atoms with van der Waals surface area (Å²) >= 11 is 0. The lowest BCUT2D eigenvalue weighted by molar-refractivity contribution is -0.149. The number of unbranched alkanes of at least 4 members (excludes halogenated alkanes) is 1. The summed E-state index contributed by atoms with van der Waals surface area (Å²) in [4.78, 5) is 20.3. The van der Waals surface area contributed by atoms with Crippen molar-refractivity contribution in [2.24, 2.45) is 0 Å². The molecule has 1 aliphatic heterocycles. The van der Waals surface area contributed by atoms with Gasteiger partial charge in [0.25, 0.3) is 5.91 Å². The predicted molar refractivity (Wildman–Crippen MR) is 117 cm³/mol. The fraction of sp³-hybridized carbons (Fsp3) is 0.667. The second-order valence-electron chi connectivity index (χ2n) is 8.81. The molecule has 30 heavy (non-hydrogen) atoms. The molecule has 0 unspecified atom stereocenters. The zero-order chi connectivity index (χ0) is 21.1. The van der Waals surface area contributed by atoms with Crippen molar-refractivity contribution < 1.29 is 14.3 Å². The van der Waals surface area contributed by atoms with E-state index >= 15 is 0 Å². The minimum Gasteiger partial charge on any atom is -0.385 e. The van der Waals surface area contributed by atoms with Crippen molar-refractivity contribution >= 4 is 16.9 Å². The molecule has 2 aromatic rings. The Morgan fingerprint density at radius 2 is 2.17 bits per heavy atom. The van der Waals surface area contributed by atoms with Crippen LogP contribution in [0.5, 0.6) is 0 Å². The van der Waals surface area contributed by atoms with Gasteiger partial charge in [-0.1, -0.05) is 0 Å².